The summed E-state index contributed by atoms with van der Waals surface area (Å²) in [6, 6.07) is 8.98. The molecule has 100 valence electrons. The van der Waals surface area contributed by atoms with Crippen LogP contribution in [0.4, 0.5) is 8.78 Å². The Balaban J connectivity index is 2.55. The van der Waals surface area contributed by atoms with Gasteiger partial charge in [-0.15, -0.1) is 0 Å². The first-order chi connectivity index (χ1) is 9.02. The molecule has 1 unspecified atom stereocenters. The first-order valence-corrected chi connectivity index (χ1v) is 6.70. The lowest BCUT2D eigenvalue weighted by atomic mass is 9.96. The zero-order valence-electron chi connectivity index (χ0n) is 10.7. The molecule has 0 aliphatic carbocycles. The molecule has 0 bridgehead atoms. The van der Waals surface area contributed by atoms with Crippen molar-refractivity contribution in [1.82, 2.24) is 5.32 Å². The Morgan fingerprint density at radius 3 is 2.21 bits per heavy atom. The fourth-order valence-corrected chi connectivity index (χ4v) is 2.48. The van der Waals surface area contributed by atoms with E-state index < -0.39 is 6.04 Å². The summed E-state index contributed by atoms with van der Waals surface area (Å²) in [5, 5.41) is 2.97. The summed E-state index contributed by atoms with van der Waals surface area (Å²) in [6.45, 7) is 1.88. The maximum Gasteiger partial charge on any atom is 0.128 e. The molecule has 2 aromatic rings. The molecule has 0 fully saturated rings. The number of halogens is 3. The summed E-state index contributed by atoms with van der Waals surface area (Å²) in [6.07, 6.45) is 0. The molecule has 4 heteroatoms. The minimum absolute atomic E-state index is 0.343. The highest BCUT2D eigenvalue weighted by molar-refractivity contribution is 9.10. The van der Waals surface area contributed by atoms with Gasteiger partial charge in [-0.3, -0.25) is 0 Å². The zero-order valence-corrected chi connectivity index (χ0v) is 12.3. The molecule has 0 saturated heterocycles. The average Bonchev–Trinajstić information content (AvgIpc) is 2.38. The molecule has 2 aromatic carbocycles. The number of rotatable bonds is 3. The molecule has 2 rings (SSSR count). The van der Waals surface area contributed by atoms with E-state index in [1.54, 1.807) is 31.3 Å². The van der Waals surface area contributed by atoms with E-state index in [0.29, 0.717) is 11.1 Å². The average molecular weight is 326 g/mol. The highest BCUT2D eigenvalue weighted by atomic mass is 79.9. The molecule has 0 amide bonds. The second-order valence-electron chi connectivity index (χ2n) is 4.41. The second kappa shape index (κ2) is 5.80. The van der Waals surface area contributed by atoms with Crippen LogP contribution < -0.4 is 5.32 Å². The van der Waals surface area contributed by atoms with E-state index in [2.05, 4.69) is 21.2 Å². The van der Waals surface area contributed by atoms with Gasteiger partial charge in [-0.1, -0.05) is 33.6 Å². The Morgan fingerprint density at radius 1 is 1.00 bits per heavy atom. The van der Waals surface area contributed by atoms with Crippen molar-refractivity contribution in [3.8, 4) is 0 Å². The highest BCUT2D eigenvalue weighted by Gasteiger charge is 2.19. The normalized spacial score (nSPS) is 12.5. The van der Waals surface area contributed by atoms with Crippen LogP contribution in [0.1, 0.15) is 22.7 Å². The van der Waals surface area contributed by atoms with Crippen molar-refractivity contribution in [3.63, 3.8) is 0 Å². The van der Waals surface area contributed by atoms with Crippen LogP contribution in [-0.4, -0.2) is 7.05 Å². The Hall–Kier alpha value is -1.26. The van der Waals surface area contributed by atoms with E-state index in [-0.39, 0.29) is 11.6 Å². The first kappa shape index (κ1) is 14.2. The summed E-state index contributed by atoms with van der Waals surface area (Å²) >= 11 is 3.31. The van der Waals surface area contributed by atoms with Gasteiger partial charge in [-0.25, -0.2) is 8.78 Å². The number of hydrogen-bond acceptors (Lipinski definition) is 1. The van der Waals surface area contributed by atoms with Crippen molar-refractivity contribution >= 4 is 15.9 Å². The Bertz CT molecular complexity index is 547. The fourth-order valence-electron chi connectivity index (χ4n) is 2.10. The first-order valence-electron chi connectivity index (χ1n) is 5.91. The number of nitrogens with one attached hydrogen (secondary N) is 1. The Kier molecular flexibility index (Phi) is 4.32. The van der Waals surface area contributed by atoms with Crippen molar-refractivity contribution < 1.29 is 8.78 Å². The molecule has 0 aromatic heterocycles. The summed E-state index contributed by atoms with van der Waals surface area (Å²) in [7, 11) is 1.69. The minimum Gasteiger partial charge on any atom is -0.309 e. The standard InChI is InChI=1S/C15H14BrF2N/c1-9-3-5-13(17)11(7-9)15(19-2)12-8-10(16)4-6-14(12)18/h3-8,15,19H,1-2H3. The molecule has 0 radical (unpaired) electrons. The maximum atomic E-state index is 14.0. The van der Waals surface area contributed by atoms with Gasteiger partial charge >= 0.3 is 0 Å². The van der Waals surface area contributed by atoms with Crippen LogP contribution in [0, 0.1) is 18.6 Å². The Labute approximate surface area is 119 Å². The third kappa shape index (κ3) is 3.01. The van der Waals surface area contributed by atoms with Gasteiger partial charge in [0, 0.05) is 15.6 Å². The van der Waals surface area contributed by atoms with Crippen molar-refractivity contribution in [2.45, 2.75) is 13.0 Å². The van der Waals surface area contributed by atoms with E-state index in [4.69, 9.17) is 0 Å². The second-order valence-corrected chi connectivity index (χ2v) is 5.33. The van der Waals surface area contributed by atoms with Gasteiger partial charge in [0.15, 0.2) is 0 Å². The molecule has 1 atom stereocenters. The van der Waals surface area contributed by atoms with Gasteiger partial charge in [0.25, 0.3) is 0 Å². The molecule has 0 aliphatic rings. The van der Waals surface area contributed by atoms with Crippen LogP contribution in [0.2, 0.25) is 0 Å². The van der Waals surface area contributed by atoms with E-state index >= 15 is 0 Å². The number of benzene rings is 2. The number of hydrogen-bond donors (Lipinski definition) is 1. The van der Waals surface area contributed by atoms with E-state index in [0.717, 1.165) is 10.0 Å². The minimum atomic E-state index is -0.516. The zero-order chi connectivity index (χ0) is 14.0. The van der Waals surface area contributed by atoms with Gasteiger partial charge in [0.1, 0.15) is 11.6 Å². The van der Waals surface area contributed by atoms with Gasteiger partial charge in [-0.2, -0.15) is 0 Å². The smallest absolute Gasteiger partial charge is 0.128 e. The molecule has 1 N–H and O–H groups in total. The van der Waals surface area contributed by atoms with E-state index in [1.165, 1.54) is 12.1 Å². The lowest BCUT2D eigenvalue weighted by molar-refractivity contribution is 0.546. The Morgan fingerprint density at radius 2 is 1.58 bits per heavy atom. The largest absolute Gasteiger partial charge is 0.309 e. The lowest BCUT2D eigenvalue weighted by Gasteiger charge is -2.19. The molecule has 0 aliphatic heterocycles. The summed E-state index contributed by atoms with van der Waals surface area (Å²) in [4.78, 5) is 0. The third-order valence-electron chi connectivity index (χ3n) is 3.02. The van der Waals surface area contributed by atoms with Crippen LogP contribution in [0.25, 0.3) is 0 Å². The molecule has 0 heterocycles. The van der Waals surface area contributed by atoms with Crippen LogP contribution in [0.15, 0.2) is 40.9 Å². The summed E-state index contributed by atoms with van der Waals surface area (Å²) < 4.78 is 28.7. The topological polar surface area (TPSA) is 12.0 Å². The van der Waals surface area contributed by atoms with Gasteiger partial charge in [0.05, 0.1) is 6.04 Å². The molecule has 0 spiro atoms. The monoisotopic (exact) mass is 325 g/mol. The SMILES string of the molecule is CNC(c1cc(C)ccc1F)c1cc(Br)ccc1F. The molecular formula is C15H14BrF2N. The van der Waals surface area contributed by atoms with Gasteiger partial charge in [-0.05, 0) is 38.2 Å². The van der Waals surface area contributed by atoms with Crippen LogP contribution in [0.3, 0.4) is 0 Å². The predicted octanol–water partition coefficient (Wildman–Crippen LogP) is 4.34. The van der Waals surface area contributed by atoms with Gasteiger partial charge < -0.3 is 5.32 Å². The van der Waals surface area contributed by atoms with Crippen LogP contribution >= 0.6 is 15.9 Å². The van der Waals surface area contributed by atoms with Gasteiger partial charge in [0.2, 0.25) is 0 Å². The number of aryl methyl sites for hydroxylation is 1. The maximum absolute atomic E-state index is 14.0. The third-order valence-corrected chi connectivity index (χ3v) is 3.51. The molecule has 0 saturated carbocycles. The lowest BCUT2D eigenvalue weighted by Crippen LogP contribution is -2.20. The summed E-state index contributed by atoms with van der Waals surface area (Å²) in [5.74, 6) is -0.701. The van der Waals surface area contributed by atoms with Crippen molar-refractivity contribution in [3.05, 3.63) is 69.2 Å². The fraction of sp³-hybridized carbons (Fsp3) is 0.200. The molecular weight excluding hydrogens is 312 g/mol. The summed E-state index contributed by atoms with van der Waals surface area (Å²) in [5.41, 5.74) is 1.80. The predicted molar refractivity (Wildman–Crippen MR) is 76.1 cm³/mol. The van der Waals surface area contributed by atoms with Crippen molar-refractivity contribution in [2.75, 3.05) is 7.05 Å². The van der Waals surface area contributed by atoms with Crippen molar-refractivity contribution in [1.29, 1.82) is 0 Å². The van der Waals surface area contributed by atoms with Crippen LogP contribution in [0.5, 0.6) is 0 Å². The molecule has 19 heavy (non-hydrogen) atoms. The van der Waals surface area contributed by atoms with Crippen molar-refractivity contribution in [2.24, 2.45) is 0 Å². The quantitative estimate of drug-likeness (QED) is 0.884. The van der Waals surface area contributed by atoms with Crippen LogP contribution in [-0.2, 0) is 0 Å². The van der Waals surface area contributed by atoms with E-state index in [1.807, 2.05) is 6.92 Å². The highest BCUT2D eigenvalue weighted by Crippen LogP contribution is 2.29. The molecule has 1 nitrogen and oxygen atoms in total. The van der Waals surface area contributed by atoms with E-state index in [9.17, 15) is 8.78 Å².